The molecule has 1 aromatic carbocycles. The molecule has 1 saturated heterocycles. The molecule has 23 heavy (non-hydrogen) atoms. The molecule has 0 unspecified atom stereocenters. The fourth-order valence-electron chi connectivity index (χ4n) is 2.77. The lowest BCUT2D eigenvalue weighted by Crippen LogP contribution is -2.39. The molecule has 1 fully saturated rings. The molecule has 1 aliphatic rings. The van der Waals surface area contributed by atoms with Crippen molar-refractivity contribution in [3.05, 3.63) is 23.2 Å². The van der Waals surface area contributed by atoms with Gasteiger partial charge >= 0.3 is 0 Å². The van der Waals surface area contributed by atoms with Crippen molar-refractivity contribution < 1.29 is 9.59 Å². The topological polar surface area (TPSA) is 61.4 Å². The number of halogens is 1. The molecule has 5 nitrogen and oxygen atoms in total. The van der Waals surface area contributed by atoms with Gasteiger partial charge in [0.25, 0.3) is 0 Å². The molecule has 2 amide bonds. The molecule has 1 heterocycles. The molecule has 0 saturated carbocycles. The van der Waals surface area contributed by atoms with E-state index < -0.39 is 0 Å². The van der Waals surface area contributed by atoms with E-state index in [1.807, 2.05) is 0 Å². The fraction of sp³-hybridized carbons (Fsp3) is 0.529. The number of benzene rings is 1. The lowest BCUT2D eigenvalue weighted by Gasteiger charge is -2.30. The Morgan fingerprint density at radius 3 is 2.74 bits per heavy atom. The number of carbonyl (C=O) groups excluding carboxylic acids is 2. The third-order valence-corrected chi connectivity index (χ3v) is 4.27. The number of nitrogens with one attached hydrogen (secondary N) is 2. The van der Waals surface area contributed by atoms with Crippen LogP contribution < -0.4 is 10.6 Å². The van der Waals surface area contributed by atoms with Gasteiger partial charge in [-0.1, -0.05) is 25.4 Å². The second kappa shape index (κ2) is 8.31. The Hall–Kier alpha value is -1.59. The third-order valence-electron chi connectivity index (χ3n) is 3.96. The monoisotopic (exact) mass is 337 g/mol. The predicted molar refractivity (Wildman–Crippen MR) is 93.8 cm³/mol. The van der Waals surface area contributed by atoms with Crippen molar-refractivity contribution in [3.63, 3.8) is 0 Å². The van der Waals surface area contributed by atoms with Gasteiger partial charge in [0.2, 0.25) is 11.8 Å². The minimum Gasteiger partial charge on any atom is -0.326 e. The molecule has 0 spiro atoms. The van der Waals surface area contributed by atoms with Crippen LogP contribution >= 0.6 is 11.6 Å². The maximum Gasteiger partial charge on any atom is 0.238 e. The lowest BCUT2D eigenvalue weighted by molar-refractivity contribution is -0.118. The van der Waals surface area contributed by atoms with Crippen molar-refractivity contribution >= 4 is 34.8 Å². The standard InChI is InChI=1S/C17H24ClN3O2/c1-3-16(22)19-13-6-7-15(14(18)9-13)20-17(23)11-21-8-4-5-12(2)10-21/h6-7,9,12H,3-5,8,10-11H2,1-2H3,(H,19,22)(H,20,23)/t12-/m0/s1. The van der Waals surface area contributed by atoms with E-state index >= 15 is 0 Å². The van der Waals surface area contributed by atoms with Crippen LogP contribution in [0.5, 0.6) is 0 Å². The Balaban J connectivity index is 1.91. The Labute approximate surface area is 142 Å². The fourth-order valence-corrected chi connectivity index (χ4v) is 2.99. The van der Waals surface area contributed by atoms with Crippen LogP contribution in [0.4, 0.5) is 11.4 Å². The zero-order valence-corrected chi connectivity index (χ0v) is 14.4. The molecule has 6 heteroatoms. The van der Waals surface area contributed by atoms with Gasteiger partial charge in [-0.15, -0.1) is 0 Å². The van der Waals surface area contributed by atoms with Gasteiger partial charge in [-0.2, -0.15) is 0 Å². The first kappa shape index (κ1) is 17.8. The summed E-state index contributed by atoms with van der Waals surface area (Å²) in [5.74, 6) is 0.505. The zero-order valence-electron chi connectivity index (χ0n) is 13.7. The summed E-state index contributed by atoms with van der Waals surface area (Å²) in [5.41, 5.74) is 1.20. The quantitative estimate of drug-likeness (QED) is 0.866. The SMILES string of the molecule is CCC(=O)Nc1ccc(NC(=O)CN2CCC[C@H](C)C2)c(Cl)c1. The number of hydrogen-bond donors (Lipinski definition) is 2. The number of amides is 2. The first-order valence-corrected chi connectivity index (χ1v) is 8.47. The summed E-state index contributed by atoms with van der Waals surface area (Å²) < 4.78 is 0. The minimum atomic E-state index is -0.0722. The van der Waals surface area contributed by atoms with Gasteiger partial charge in [0, 0.05) is 18.7 Å². The summed E-state index contributed by atoms with van der Waals surface area (Å²) in [7, 11) is 0. The number of anilines is 2. The first-order chi connectivity index (χ1) is 11.0. The summed E-state index contributed by atoms with van der Waals surface area (Å²) in [6, 6.07) is 5.09. The second-order valence-electron chi connectivity index (χ2n) is 6.13. The second-order valence-corrected chi connectivity index (χ2v) is 6.53. The third kappa shape index (κ3) is 5.52. The number of rotatable bonds is 5. The average molecular weight is 338 g/mol. The Morgan fingerprint density at radius 1 is 1.30 bits per heavy atom. The molecule has 0 aliphatic carbocycles. The van der Waals surface area contributed by atoms with Crippen LogP contribution in [-0.2, 0) is 9.59 Å². The number of nitrogens with zero attached hydrogens (tertiary/aromatic N) is 1. The van der Waals surface area contributed by atoms with Gasteiger partial charge in [0.15, 0.2) is 0 Å². The van der Waals surface area contributed by atoms with Crippen LogP contribution in [0.3, 0.4) is 0 Å². The normalized spacial score (nSPS) is 18.5. The van der Waals surface area contributed by atoms with Crippen LogP contribution in [0, 0.1) is 5.92 Å². The van der Waals surface area contributed by atoms with Crippen LogP contribution in [0.15, 0.2) is 18.2 Å². The van der Waals surface area contributed by atoms with Crippen LogP contribution in [0.25, 0.3) is 0 Å². The maximum absolute atomic E-state index is 12.2. The number of likely N-dealkylation sites (tertiary alicyclic amines) is 1. The lowest BCUT2D eigenvalue weighted by atomic mass is 10.0. The largest absolute Gasteiger partial charge is 0.326 e. The highest BCUT2D eigenvalue weighted by atomic mass is 35.5. The summed E-state index contributed by atoms with van der Waals surface area (Å²) >= 11 is 6.19. The zero-order chi connectivity index (χ0) is 16.8. The van der Waals surface area contributed by atoms with Gasteiger partial charge in [-0.05, 0) is 43.5 Å². The average Bonchev–Trinajstić information content (AvgIpc) is 2.50. The highest BCUT2D eigenvalue weighted by Gasteiger charge is 2.19. The smallest absolute Gasteiger partial charge is 0.238 e. The highest BCUT2D eigenvalue weighted by Crippen LogP contribution is 2.25. The van der Waals surface area contributed by atoms with Crippen molar-refractivity contribution in [2.45, 2.75) is 33.1 Å². The molecule has 1 aromatic rings. The van der Waals surface area contributed by atoms with E-state index in [0.29, 0.717) is 35.3 Å². The molecule has 0 aromatic heterocycles. The summed E-state index contributed by atoms with van der Waals surface area (Å²) in [6.07, 6.45) is 2.78. The number of piperidine rings is 1. The van der Waals surface area contributed by atoms with Gasteiger partial charge in [0.05, 0.1) is 17.3 Å². The van der Waals surface area contributed by atoms with Gasteiger partial charge in [-0.25, -0.2) is 0 Å². The van der Waals surface area contributed by atoms with Gasteiger partial charge in [0.1, 0.15) is 0 Å². The predicted octanol–water partition coefficient (Wildman–Crippen LogP) is 3.36. The van der Waals surface area contributed by atoms with E-state index in [2.05, 4.69) is 22.5 Å². The van der Waals surface area contributed by atoms with Crippen molar-refractivity contribution in [2.24, 2.45) is 5.92 Å². The van der Waals surface area contributed by atoms with E-state index in [0.717, 1.165) is 19.5 Å². The minimum absolute atomic E-state index is 0.0636. The maximum atomic E-state index is 12.2. The summed E-state index contributed by atoms with van der Waals surface area (Å²) in [5, 5.41) is 6.00. The van der Waals surface area contributed by atoms with Gasteiger partial charge < -0.3 is 10.6 Å². The molecule has 1 aliphatic heterocycles. The van der Waals surface area contributed by atoms with E-state index in [1.165, 1.54) is 6.42 Å². The highest BCUT2D eigenvalue weighted by molar-refractivity contribution is 6.34. The molecule has 1 atom stereocenters. The number of hydrogen-bond acceptors (Lipinski definition) is 3. The van der Waals surface area contributed by atoms with E-state index in [4.69, 9.17) is 11.6 Å². The molecule has 2 N–H and O–H groups in total. The van der Waals surface area contributed by atoms with Crippen molar-refractivity contribution in [1.82, 2.24) is 4.90 Å². The van der Waals surface area contributed by atoms with Crippen LogP contribution in [0.1, 0.15) is 33.1 Å². The molecule has 0 bridgehead atoms. The van der Waals surface area contributed by atoms with Crippen LogP contribution in [0.2, 0.25) is 5.02 Å². The van der Waals surface area contributed by atoms with E-state index in [1.54, 1.807) is 25.1 Å². The Bertz CT molecular complexity index is 577. The molecular weight excluding hydrogens is 314 g/mol. The number of carbonyl (C=O) groups is 2. The Morgan fingerprint density at radius 2 is 2.09 bits per heavy atom. The summed E-state index contributed by atoms with van der Waals surface area (Å²) in [6.45, 7) is 6.31. The van der Waals surface area contributed by atoms with Crippen LogP contribution in [-0.4, -0.2) is 36.3 Å². The van der Waals surface area contributed by atoms with E-state index in [-0.39, 0.29) is 11.8 Å². The molecule has 0 radical (unpaired) electrons. The van der Waals surface area contributed by atoms with Gasteiger partial charge in [-0.3, -0.25) is 14.5 Å². The molecule has 2 rings (SSSR count). The van der Waals surface area contributed by atoms with Crippen molar-refractivity contribution in [1.29, 1.82) is 0 Å². The Kier molecular flexibility index (Phi) is 6.42. The summed E-state index contributed by atoms with van der Waals surface area (Å²) in [4.78, 5) is 25.7. The molecular formula is C17H24ClN3O2. The molecule has 126 valence electrons. The van der Waals surface area contributed by atoms with Crippen molar-refractivity contribution in [2.75, 3.05) is 30.3 Å². The van der Waals surface area contributed by atoms with E-state index in [9.17, 15) is 9.59 Å². The first-order valence-electron chi connectivity index (χ1n) is 8.09. The van der Waals surface area contributed by atoms with Crippen molar-refractivity contribution in [3.8, 4) is 0 Å².